The van der Waals surface area contributed by atoms with Gasteiger partial charge in [0.2, 0.25) is 0 Å². The lowest BCUT2D eigenvalue weighted by Gasteiger charge is -2.04. The number of benzene rings is 1. The van der Waals surface area contributed by atoms with Crippen LogP contribution in [0.25, 0.3) is 0 Å². The number of rotatable bonds is 2. The molecule has 0 unspecified atom stereocenters. The van der Waals surface area contributed by atoms with Gasteiger partial charge in [-0.3, -0.25) is 4.79 Å². The Morgan fingerprint density at radius 2 is 2.00 bits per heavy atom. The van der Waals surface area contributed by atoms with Gasteiger partial charge in [-0.1, -0.05) is 23.2 Å². The van der Waals surface area contributed by atoms with Crippen LogP contribution in [0, 0.1) is 6.92 Å². The lowest BCUT2D eigenvalue weighted by atomic mass is 10.3. The van der Waals surface area contributed by atoms with Crippen molar-refractivity contribution in [1.82, 2.24) is 0 Å². The van der Waals surface area contributed by atoms with Gasteiger partial charge >= 0.3 is 0 Å². The zero-order chi connectivity index (χ0) is 13.3. The van der Waals surface area contributed by atoms with E-state index >= 15 is 0 Å². The van der Waals surface area contributed by atoms with Gasteiger partial charge < -0.3 is 11.1 Å². The van der Waals surface area contributed by atoms with Gasteiger partial charge in [0.05, 0.1) is 14.9 Å². The van der Waals surface area contributed by atoms with Crippen LogP contribution in [-0.2, 0) is 0 Å². The fourth-order valence-corrected chi connectivity index (χ4v) is 2.51. The van der Waals surface area contributed by atoms with E-state index in [-0.39, 0.29) is 5.91 Å². The number of nitrogen functional groups attached to an aromatic ring is 1. The Labute approximate surface area is 119 Å². The number of hydrogen-bond donors (Lipinski definition) is 2. The van der Waals surface area contributed by atoms with Crippen molar-refractivity contribution in [3.05, 3.63) is 44.1 Å². The second kappa shape index (κ2) is 5.18. The Hall–Kier alpha value is -1.23. The first-order valence-corrected chi connectivity index (χ1v) is 6.67. The summed E-state index contributed by atoms with van der Waals surface area (Å²) in [6.07, 6.45) is 0. The number of nitrogens with two attached hydrogens (primary N) is 1. The smallest absolute Gasteiger partial charge is 0.265 e. The number of hydrogen-bond acceptors (Lipinski definition) is 3. The van der Waals surface area contributed by atoms with Crippen molar-refractivity contribution in [2.45, 2.75) is 6.92 Å². The SMILES string of the molecule is Cc1sc(C(=O)Nc2ccc(Cl)c(Cl)c2)cc1N. The van der Waals surface area contributed by atoms with Gasteiger partial charge in [0.15, 0.2) is 0 Å². The average molecular weight is 301 g/mol. The van der Waals surface area contributed by atoms with E-state index in [1.165, 1.54) is 11.3 Å². The fourth-order valence-electron chi connectivity index (χ4n) is 1.37. The van der Waals surface area contributed by atoms with E-state index in [1.54, 1.807) is 24.3 Å². The first-order valence-electron chi connectivity index (χ1n) is 5.09. The molecule has 2 aromatic rings. The van der Waals surface area contributed by atoms with Crippen LogP contribution in [0.15, 0.2) is 24.3 Å². The summed E-state index contributed by atoms with van der Waals surface area (Å²) >= 11 is 13.0. The molecular weight excluding hydrogens is 291 g/mol. The summed E-state index contributed by atoms with van der Waals surface area (Å²) < 4.78 is 0. The van der Waals surface area contributed by atoms with Gasteiger partial charge in [0, 0.05) is 16.3 Å². The number of thiophene rings is 1. The van der Waals surface area contributed by atoms with E-state index in [4.69, 9.17) is 28.9 Å². The monoisotopic (exact) mass is 300 g/mol. The van der Waals surface area contributed by atoms with Crippen LogP contribution in [-0.4, -0.2) is 5.91 Å². The standard InChI is InChI=1S/C12H10Cl2N2OS/c1-6-10(15)5-11(18-6)12(17)16-7-2-3-8(13)9(14)4-7/h2-5H,15H2,1H3,(H,16,17). The number of anilines is 2. The second-order valence-electron chi connectivity index (χ2n) is 3.71. The van der Waals surface area contributed by atoms with Gasteiger partial charge in [0.25, 0.3) is 5.91 Å². The highest BCUT2D eigenvalue weighted by Gasteiger charge is 2.11. The third kappa shape index (κ3) is 2.77. The molecule has 3 N–H and O–H groups in total. The Bertz CT molecular complexity index is 591. The molecule has 0 bridgehead atoms. The van der Waals surface area contributed by atoms with E-state index in [0.29, 0.717) is 26.3 Å². The third-order valence-electron chi connectivity index (χ3n) is 2.36. The number of amides is 1. The number of carbonyl (C=O) groups excluding carboxylic acids is 1. The van der Waals surface area contributed by atoms with Crippen molar-refractivity contribution < 1.29 is 4.79 Å². The number of nitrogens with one attached hydrogen (secondary N) is 1. The van der Waals surface area contributed by atoms with Gasteiger partial charge in [-0.25, -0.2) is 0 Å². The van der Waals surface area contributed by atoms with Crippen LogP contribution >= 0.6 is 34.5 Å². The maximum absolute atomic E-state index is 11.9. The largest absolute Gasteiger partial charge is 0.398 e. The minimum absolute atomic E-state index is 0.210. The van der Waals surface area contributed by atoms with Crippen LogP contribution in [0.5, 0.6) is 0 Å². The molecule has 1 heterocycles. The van der Waals surface area contributed by atoms with Crippen molar-refractivity contribution >= 4 is 51.8 Å². The molecule has 18 heavy (non-hydrogen) atoms. The van der Waals surface area contributed by atoms with E-state index in [2.05, 4.69) is 5.32 Å². The molecular formula is C12H10Cl2N2OS. The Morgan fingerprint density at radius 1 is 1.28 bits per heavy atom. The van der Waals surface area contributed by atoms with Crippen molar-refractivity contribution in [2.24, 2.45) is 0 Å². The number of carbonyl (C=O) groups is 1. The maximum Gasteiger partial charge on any atom is 0.265 e. The first kappa shape index (κ1) is 13.2. The maximum atomic E-state index is 11.9. The van der Waals surface area contributed by atoms with E-state index < -0.39 is 0 Å². The molecule has 1 aromatic heterocycles. The summed E-state index contributed by atoms with van der Waals surface area (Å²) in [5, 5.41) is 3.59. The van der Waals surface area contributed by atoms with E-state index in [0.717, 1.165) is 4.88 Å². The highest BCUT2D eigenvalue weighted by Crippen LogP contribution is 2.27. The van der Waals surface area contributed by atoms with Crippen molar-refractivity contribution in [2.75, 3.05) is 11.1 Å². The normalized spacial score (nSPS) is 10.4. The predicted octanol–water partition coefficient (Wildman–Crippen LogP) is 4.20. The summed E-state index contributed by atoms with van der Waals surface area (Å²) in [5.41, 5.74) is 6.93. The Kier molecular flexibility index (Phi) is 3.80. The highest BCUT2D eigenvalue weighted by molar-refractivity contribution is 7.14. The zero-order valence-corrected chi connectivity index (χ0v) is 11.8. The van der Waals surface area contributed by atoms with Crippen LogP contribution in [0.2, 0.25) is 10.0 Å². The van der Waals surface area contributed by atoms with Gasteiger partial charge in [-0.15, -0.1) is 11.3 Å². The average Bonchev–Trinajstić information content (AvgIpc) is 2.65. The molecule has 6 heteroatoms. The van der Waals surface area contributed by atoms with Crippen molar-refractivity contribution in [1.29, 1.82) is 0 Å². The minimum atomic E-state index is -0.210. The molecule has 1 amide bonds. The summed E-state index contributed by atoms with van der Waals surface area (Å²) in [5.74, 6) is -0.210. The lowest BCUT2D eigenvalue weighted by Crippen LogP contribution is -2.10. The lowest BCUT2D eigenvalue weighted by molar-refractivity contribution is 0.103. The molecule has 0 spiro atoms. The van der Waals surface area contributed by atoms with Gasteiger partial charge in [-0.05, 0) is 31.2 Å². The van der Waals surface area contributed by atoms with Crippen molar-refractivity contribution in [3.8, 4) is 0 Å². The zero-order valence-electron chi connectivity index (χ0n) is 9.46. The second-order valence-corrected chi connectivity index (χ2v) is 5.78. The van der Waals surface area contributed by atoms with Crippen molar-refractivity contribution in [3.63, 3.8) is 0 Å². The molecule has 0 atom stereocenters. The molecule has 0 aliphatic rings. The molecule has 0 radical (unpaired) electrons. The molecule has 0 aliphatic heterocycles. The summed E-state index contributed by atoms with van der Waals surface area (Å²) in [6, 6.07) is 6.59. The van der Waals surface area contributed by atoms with E-state index in [9.17, 15) is 4.79 Å². The number of halogens is 2. The molecule has 0 aliphatic carbocycles. The van der Waals surface area contributed by atoms with E-state index in [1.807, 2.05) is 6.92 Å². The fraction of sp³-hybridized carbons (Fsp3) is 0.0833. The van der Waals surface area contributed by atoms with Crippen LogP contribution in [0.3, 0.4) is 0 Å². The first-order chi connectivity index (χ1) is 8.47. The Balaban J connectivity index is 2.18. The third-order valence-corrected chi connectivity index (χ3v) is 4.16. The van der Waals surface area contributed by atoms with Crippen LogP contribution < -0.4 is 11.1 Å². The van der Waals surface area contributed by atoms with Gasteiger partial charge in [0.1, 0.15) is 0 Å². The summed E-state index contributed by atoms with van der Waals surface area (Å²) in [6.45, 7) is 1.87. The number of aryl methyl sites for hydroxylation is 1. The topological polar surface area (TPSA) is 55.1 Å². The molecule has 2 rings (SSSR count). The minimum Gasteiger partial charge on any atom is -0.398 e. The van der Waals surface area contributed by atoms with Crippen LogP contribution in [0.4, 0.5) is 11.4 Å². The molecule has 94 valence electrons. The summed E-state index contributed by atoms with van der Waals surface area (Å²) in [7, 11) is 0. The predicted molar refractivity (Wildman–Crippen MR) is 77.9 cm³/mol. The van der Waals surface area contributed by atoms with Gasteiger partial charge in [-0.2, -0.15) is 0 Å². The molecule has 0 saturated carbocycles. The molecule has 0 saturated heterocycles. The Morgan fingerprint density at radius 3 is 2.56 bits per heavy atom. The molecule has 1 aromatic carbocycles. The highest BCUT2D eigenvalue weighted by atomic mass is 35.5. The quantitative estimate of drug-likeness (QED) is 0.873. The van der Waals surface area contributed by atoms with Crippen LogP contribution in [0.1, 0.15) is 14.5 Å². The molecule has 0 fully saturated rings. The molecule has 3 nitrogen and oxygen atoms in total. The summed E-state index contributed by atoms with van der Waals surface area (Å²) in [4.78, 5) is 13.4.